The number of pyridine rings is 1. The standard InChI is InChI=1S/C16H25N3O/c1-2-3-14-4-5-16(17-12-14)19-7-6-15(13-19)18-8-10-20-11-9-18/h4-5,12,15H,2-3,6-11,13H2,1H3. The molecular formula is C16H25N3O. The molecule has 20 heavy (non-hydrogen) atoms. The lowest BCUT2D eigenvalue weighted by molar-refractivity contribution is 0.0209. The van der Waals surface area contributed by atoms with Crippen LogP contribution in [-0.2, 0) is 11.2 Å². The molecule has 0 spiro atoms. The van der Waals surface area contributed by atoms with Crippen molar-refractivity contribution in [3.05, 3.63) is 23.9 Å². The first-order valence-corrected chi connectivity index (χ1v) is 7.88. The molecule has 0 saturated carbocycles. The minimum absolute atomic E-state index is 0.677. The van der Waals surface area contributed by atoms with Gasteiger partial charge in [-0.25, -0.2) is 4.98 Å². The van der Waals surface area contributed by atoms with Crippen molar-refractivity contribution in [1.82, 2.24) is 9.88 Å². The number of hydrogen-bond donors (Lipinski definition) is 0. The van der Waals surface area contributed by atoms with E-state index in [1.54, 1.807) is 0 Å². The monoisotopic (exact) mass is 275 g/mol. The lowest BCUT2D eigenvalue weighted by Gasteiger charge is -2.32. The first-order valence-electron chi connectivity index (χ1n) is 7.88. The van der Waals surface area contributed by atoms with E-state index in [0.29, 0.717) is 6.04 Å². The third-order valence-electron chi connectivity index (χ3n) is 4.40. The van der Waals surface area contributed by atoms with Crippen molar-refractivity contribution in [3.8, 4) is 0 Å². The maximum absolute atomic E-state index is 5.44. The zero-order chi connectivity index (χ0) is 13.8. The van der Waals surface area contributed by atoms with E-state index in [2.05, 4.69) is 33.8 Å². The Kier molecular flexibility index (Phi) is 4.53. The molecule has 4 heteroatoms. The average Bonchev–Trinajstić information content (AvgIpc) is 2.99. The van der Waals surface area contributed by atoms with Gasteiger partial charge in [0.1, 0.15) is 5.82 Å². The number of morpholine rings is 1. The summed E-state index contributed by atoms with van der Waals surface area (Å²) < 4.78 is 5.44. The third-order valence-corrected chi connectivity index (χ3v) is 4.40. The molecule has 0 N–H and O–H groups in total. The molecule has 0 aromatic carbocycles. The van der Waals surface area contributed by atoms with Gasteiger partial charge in [0.05, 0.1) is 13.2 Å². The maximum atomic E-state index is 5.44. The highest BCUT2D eigenvalue weighted by atomic mass is 16.5. The molecule has 1 aromatic rings. The van der Waals surface area contributed by atoms with Gasteiger partial charge in [-0.1, -0.05) is 19.4 Å². The summed E-state index contributed by atoms with van der Waals surface area (Å²) in [5.74, 6) is 1.14. The largest absolute Gasteiger partial charge is 0.379 e. The summed E-state index contributed by atoms with van der Waals surface area (Å²) in [6.07, 6.45) is 5.60. The first-order chi connectivity index (χ1) is 9.86. The van der Waals surface area contributed by atoms with Crippen molar-refractivity contribution in [1.29, 1.82) is 0 Å². The second-order valence-corrected chi connectivity index (χ2v) is 5.81. The second kappa shape index (κ2) is 6.55. The first kappa shape index (κ1) is 13.8. The topological polar surface area (TPSA) is 28.6 Å². The van der Waals surface area contributed by atoms with Crippen LogP contribution in [0.5, 0.6) is 0 Å². The van der Waals surface area contributed by atoms with Crippen molar-refractivity contribution >= 4 is 5.82 Å². The van der Waals surface area contributed by atoms with Crippen LogP contribution in [0.1, 0.15) is 25.3 Å². The SMILES string of the molecule is CCCc1ccc(N2CCC(N3CCOCC3)C2)nc1. The molecular weight excluding hydrogens is 250 g/mol. The smallest absolute Gasteiger partial charge is 0.128 e. The highest BCUT2D eigenvalue weighted by molar-refractivity contribution is 5.41. The van der Waals surface area contributed by atoms with Gasteiger partial charge in [0.15, 0.2) is 0 Å². The zero-order valence-electron chi connectivity index (χ0n) is 12.4. The summed E-state index contributed by atoms with van der Waals surface area (Å²) in [6.45, 7) is 8.40. The van der Waals surface area contributed by atoms with E-state index in [0.717, 1.165) is 51.6 Å². The van der Waals surface area contributed by atoms with Crippen LogP contribution in [0.15, 0.2) is 18.3 Å². The van der Waals surface area contributed by atoms with Crippen molar-refractivity contribution in [2.45, 2.75) is 32.2 Å². The Bertz CT molecular complexity index is 414. The van der Waals surface area contributed by atoms with E-state index >= 15 is 0 Å². The molecule has 0 amide bonds. The number of anilines is 1. The highest BCUT2D eigenvalue weighted by Gasteiger charge is 2.29. The fourth-order valence-corrected chi connectivity index (χ4v) is 3.23. The van der Waals surface area contributed by atoms with Crippen LogP contribution in [-0.4, -0.2) is 55.3 Å². The lowest BCUT2D eigenvalue weighted by Crippen LogP contribution is -2.44. The minimum Gasteiger partial charge on any atom is -0.379 e. The molecule has 110 valence electrons. The number of nitrogens with zero attached hydrogens (tertiary/aromatic N) is 3. The number of ether oxygens (including phenoxy) is 1. The normalized spacial score (nSPS) is 24.2. The van der Waals surface area contributed by atoms with Crippen molar-refractivity contribution in [2.75, 3.05) is 44.3 Å². The van der Waals surface area contributed by atoms with E-state index < -0.39 is 0 Å². The predicted octanol–water partition coefficient (Wildman–Crippen LogP) is 1.94. The molecule has 0 bridgehead atoms. The molecule has 0 aliphatic carbocycles. The summed E-state index contributed by atoms with van der Waals surface area (Å²) in [6, 6.07) is 5.09. The molecule has 1 aromatic heterocycles. The Hall–Kier alpha value is -1.13. The van der Waals surface area contributed by atoms with Gasteiger partial charge >= 0.3 is 0 Å². The fraction of sp³-hybridized carbons (Fsp3) is 0.688. The van der Waals surface area contributed by atoms with E-state index in [-0.39, 0.29) is 0 Å². The van der Waals surface area contributed by atoms with Gasteiger partial charge < -0.3 is 9.64 Å². The maximum Gasteiger partial charge on any atom is 0.128 e. The van der Waals surface area contributed by atoms with Crippen molar-refractivity contribution in [2.24, 2.45) is 0 Å². The Labute approximate surface area is 121 Å². The van der Waals surface area contributed by atoms with Crippen LogP contribution in [0.2, 0.25) is 0 Å². The summed E-state index contributed by atoms with van der Waals surface area (Å²) in [7, 11) is 0. The van der Waals surface area contributed by atoms with Crippen LogP contribution < -0.4 is 4.90 Å². The number of hydrogen-bond acceptors (Lipinski definition) is 4. The predicted molar refractivity (Wildman–Crippen MR) is 81.2 cm³/mol. The van der Waals surface area contributed by atoms with Gasteiger partial charge in [0.25, 0.3) is 0 Å². The van der Waals surface area contributed by atoms with Gasteiger partial charge in [0, 0.05) is 38.4 Å². The number of rotatable bonds is 4. The van der Waals surface area contributed by atoms with Gasteiger partial charge in [-0.05, 0) is 24.5 Å². The van der Waals surface area contributed by atoms with Gasteiger partial charge in [-0.3, -0.25) is 4.90 Å². The average molecular weight is 275 g/mol. The van der Waals surface area contributed by atoms with Crippen molar-refractivity contribution < 1.29 is 4.74 Å². The molecule has 2 saturated heterocycles. The number of aryl methyl sites for hydroxylation is 1. The fourth-order valence-electron chi connectivity index (χ4n) is 3.23. The molecule has 4 nitrogen and oxygen atoms in total. The molecule has 0 radical (unpaired) electrons. The van der Waals surface area contributed by atoms with Crippen LogP contribution in [0.3, 0.4) is 0 Å². The van der Waals surface area contributed by atoms with Crippen molar-refractivity contribution in [3.63, 3.8) is 0 Å². The Balaban J connectivity index is 1.58. The lowest BCUT2D eigenvalue weighted by atomic mass is 10.2. The van der Waals surface area contributed by atoms with E-state index in [4.69, 9.17) is 4.74 Å². The Morgan fingerprint density at radius 1 is 1.25 bits per heavy atom. The van der Waals surface area contributed by atoms with E-state index in [9.17, 15) is 0 Å². The molecule has 3 rings (SSSR count). The summed E-state index contributed by atoms with van der Waals surface area (Å²) in [5, 5.41) is 0. The third kappa shape index (κ3) is 3.13. The molecule has 1 unspecified atom stereocenters. The Morgan fingerprint density at radius 2 is 2.10 bits per heavy atom. The van der Waals surface area contributed by atoms with Crippen LogP contribution >= 0.6 is 0 Å². The summed E-state index contributed by atoms with van der Waals surface area (Å²) >= 11 is 0. The highest BCUT2D eigenvalue weighted by Crippen LogP contribution is 2.22. The quantitative estimate of drug-likeness (QED) is 0.840. The van der Waals surface area contributed by atoms with E-state index in [1.165, 1.54) is 18.4 Å². The van der Waals surface area contributed by atoms with Gasteiger partial charge in [-0.15, -0.1) is 0 Å². The molecule has 1 atom stereocenters. The minimum atomic E-state index is 0.677. The zero-order valence-corrected chi connectivity index (χ0v) is 12.4. The number of aromatic nitrogens is 1. The van der Waals surface area contributed by atoms with Crippen LogP contribution in [0, 0.1) is 0 Å². The molecule has 2 fully saturated rings. The van der Waals surface area contributed by atoms with Crippen LogP contribution in [0.25, 0.3) is 0 Å². The molecule has 3 heterocycles. The summed E-state index contributed by atoms with van der Waals surface area (Å²) in [5.41, 5.74) is 1.35. The van der Waals surface area contributed by atoms with E-state index in [1.807, 2.05) is 6.20 Å². The Morgan fingerprint density at radius 3 is 2.80 bits per heavy atom. The summed E-state index contributed by atoms with van der Waals surface area (Å²) in [4.78, 5) is 9.65. The van der Waals surface area contributed by atoms with Gasteiger partial charge in [-0.2, -0.15) is 0 Å². The second-order valence-electron chi connectivity index (χ2n) is 5.81. The molecule has 2 aliphatic heterocycles. The van der Waals surface area contributed by atoms with Crippen LogP contribution in [0.4, 0.5) is 5.82 Å². The molecule has 2 aliphatic rings. The van der Waals surface area contributed by atoms with Gasteiger partial charge in [0.2, 0.25) is 0 Å².